The summed E-state index contributed by atoms with van der Waals surface area (Å²) in [7, 11) is 0. The number of primary amides is 1. The molecule has 1 rings (SSSR count). The van der Waals surface area contributed by atoms with Crippen molar-refractivity contribution in [2.45, 2.75) is 59.0 Å². The average molecular weight is 304 g/mol. The minimum Gasteiger partial charge on any atom is -0.368 e. The number of benzene rings is 1. The molecule has 0 spiro atoms. The van der Waals surface area contributed by atoms with Gasteiger partial charge in [0.25, 0.3) is 0 Å². The zero-order valence-corrected chi connectivity index (χ0v) is 13.9. The predicted molar refractivity (Wildman–Crippen MR) is 89.0 cm³/mol. The van der Waals surface area contributed by atoms with Gasteiger partial charge in [-0.2, -0.15) is 0 Å². The quantitative estimate of drug-likeness (QED) is 0.712. The van der Waals surface area contributed by atoms with Crippen LogP contribution < -0.4 is 5.73 Å². The largest absolute Gasteiger partial charge is 0.368 e. The third-order valence-electron chi connectivity index (χ3n) is 3.77. The molecule has 0 radical (unpaired) electrons. The molecule has 4 heteroatoms. The van der Waals surface area contributed by atoms with Crippen molar-refractivity contribution in [3.8, 4) is 0 Å². The fourth-order valence-electron chi connectivity index (χ4n) is 2.63. The Bertz CT molecular complexity index is 471. The second-order valence-corrected chi connectivity index (χ2v) is 6.06. The third-order valence-corrected chi connectivity index (χ3v) is 3.77. The second-order valence-electron chi connectivity index (χ2n) is 6.06. The maximum absolute atomic E-state index is 12.6. The van der Waals surface area contributed by atoms with Gasteiger partial charge in [0.1, 0.15) is 6.04 Å². The van der Waals surface area contributed by atoms with Crippen LogP contribution in [-0.4, -0.2) is 22.8 Å². The third kappa shape index (κ3) is 5.51. The number of nitrogens with zero attached hydrogens (tertiary/aromatic N) is 1. The van der Waals surface area contributed by atoms with Crippen LogP contribution >= 0.6 is 0 Å². The fourth-order valence-corrected chi connectivity index (χ4v) is 2.63. The fraction of sp³-hybridized carbons (Fsp3) is 0.556. The molecular formula is C18H28N2O2. The van der Waals surface area contributed by atoms with Crippen LogP contribution in [0.3, 0.4) is 0 Å². The van der Waals surface area contributed by atoms with Gasteiger partial charge < -0.3 is 10.6 Å². The van der Waals surface area contributed by atoms with Gasteiger partial charge in [0.05, 0.1) is 0 Å². The first-order valence-corrected chi connectivity index (χ1v) is 8.10. The normalized spacial score (nSPS) is 12.2. The molecule has 1 aromatic carbocycles. The number of unbranched alkanes of at least 4 members (excludes halogenated alkanes) is 2. The van der Waals surface area contributed by atoms with E-state index in [-0.39, 0.29) is 11.8 Å². The Hall–Kier alpha value is -1.84. The molecule has 22 heavy (non-hydrogen) atoms. The second kappa shape index (κ2) is 9.23. The Morgan fingerprint density at radius 3 is 2.27 bits per heavy atom. The molecule has 4 nitrogen and oxygen atoms in total. The molecule has 0 aliphatic carbocycles. The van der Waals surface area contributed by atoms with Crippen LogP contribution in [0.5, 0.6) is 0 Å². The highest BCUT2D eigenvalue weighted by Crippen LogP contribution is 2.17. The van der Waals surface area contributed by atoms with Gasteiger partial charge in [-0.1, -0.05) is 63.9 Å². The van der Waals surface area contributed by atoms with Gasteiger partial charge in [-0.05, 0) is 17.9 Å². The molecule has 0 aromatic heterocycles. The summed E-state index contributed by atoms with van der Waals surface area (Å²) in [5.41, 5.74) is 6.56. The van der Waals surface area contributed by atoms with Crippen molar-refractivity contribution in [3.05, 3.63) is 35.9 Å². The minimum absolute atomic E-state index is 0.00339. The standard InChI is InChI=1S/C18H28N2O2/c1-4-5-7-12-16(21)20(17(14(2)3)18(19)22)13-15-10-8-6-9-11-15/h6,8-11,14,17H,4-5,7,12-13H2,1-3H3,(H2,19,22)/t17-/m1/s1. The van der Waals surface area contributed by atoms with Crippen molar-refractivity contribution < 1.29 is 9.59 Å². The lowest BCUT2D eigenvalue weighted by molar-refractivity contribution is -0.141. The molecule has 0 bridgehead atoms. The molecule has 122 valence electrons. The predicted octanol–water partition coefficient (Wildman–Crippen LogP) is 3.11. The summed E-state index contributed by atoms with van der Waals surface area (Å²) >= 11 is 0. The summed E-state index contributed by atoms with van der Waals surface area (Å²) in [6.07, 6.45) is 3.41. The molecule has 1 aromatic rings. The zero-order chi connectivity index (χ0) is 16.5. The van der Waals surface area contributed by atoms with E-state index in [2.05, 4.69) is 6.92 Å². The Kier molecular flexibility index (Phi) is 7.64. The first-order chi connectivity index (χ1) is 10.5. The molecule has 0 saturated carbocycles. The van der Waals surface area contributed by atoms with Gasteiger partial charge >= 0.3 is 0 Å². The number of hydrogen-bond acceptors (Lipinski definition) is 2. The first-order valence-electron chi connectivity index (χ1n) is 8.10. The van der Waals surface area contributed by atoms with E-state index < -0.39 is 11.9 Å². The van der Waals surface area contributed by atoms with Crippen LogP contribution in [0.25, 0.3) is 0 Å². The average Bonchev–Trinajstić information content (AvgIpc) is 2.47. The van der Waals surface area contributed by atoms with E-state index in [1.54, 1.807) is 4.90 Å². The summed E-state index contributed by atoms with van der Waals surface area (Å²) in [6.45, 7) is 6.38. The van der Waals surface area contributed by atoms with Crippen molar-refractivity contribution in [3.63, 3.8) is 0 Å². The highest BCUT2D eigenvalue weighted by Gasteiger charge is 2.30. The molecule has 0 fully saturated rings. The number of nitrogens with two attached hydrogens (primary N) is 1. The number of carbonyl (C=O) groups excluding carboxylic acids is 2. The smallest absolute Gasteiger partial charge is 0.240 e. The molecule has 1 atom stereocenters. The summed E-state index contributed by atoms with van der Waals surface area (Å²) in [5.74, 6) is -0.430. The van der Waals surface area contributed by atoms with Gasteiger partial charge in [0.2, 0.25) is 11.8 Å². The van der Waals surface area contributed by atoms with Crippen LogP contribution in [0.1, 0.15) is 52.0 Å². The Labute approximate surface area is 133 Å². The molecule has 2 N–H and O–H groups in total. The Morgan fingerprint density at radius 1 is 1.14 bits per heavy atom. The lowest BCUT2D eigenvalue weighted by Crippen LogP contribution is -2.50. The lowest BCUT2D eigenvalue weighted by Gasteiger charge is -2.32. The Balaban J connectivity index is 2.92. The van der Waals surface area contributed by atoms with Crippen LogP contribution in [-0.2, 0) is 16.1 Å². The Morgan fingerprint density at radius 2 is 1.77 bits per heavy atom. The van der Waals surface area contributed by atoms with E-state index >= 15 is 0 Å². The van der Waals surface area contributed by atoms with Gasteiger partial charge in [-0.3, -0.25) is 9.59 Å². The number of amides is 2. The minimum atomic E-state index is -0.561. The van der Waals surface area contributed by atoms with E-state index in [0.29, 0.717) is 13.0 Å². The van der Waals surface area contributed by atoms with Crippen LogP contribution in [0, 0.1) is 5.92 Å². The monoisotopic (exact) mass is 304 g/mol. The molecule has 0 heterocycles. The van der Waals surface area contributed by atoms with Crippen molar-refractivity contribution in [2.75, 3.05) is 0 Å². The molecule has 0 aliphatic rings. The molecule has 0 unspecified atom stereocenters. The topological polar surface area (TPSA) is 63.4 Å². The van der Waals surface area contributed by atoms with E-state index in [1.807, 2.05) is 44.2 Å². The highest BCUT2D eigenvalue weighted by atomic mass is 16.2. The molecule has 2 amide bonds. The maximum Gasteiger partial charge on any atom is 0.240 e. The van der Waals surface area contributed by atoms with E-state index in [4.69, 9.17) is 5.73 Å². The molecule has 0 aliphatic heterocycles. The van der Waals surface area contributed by atoms with Crippen molar-refractivity contribution in [1.29, 1.82) is 0 Å². The summed E-state index contributed by atoms with van der Waals surface area (Å²) in [5, 5.41) is 0. The lowest BCUT2D eigenvalue weighted by atomic mass is 10.00. The molecular weight excluding hydrogens is 276 g/mol. The van der Waals surface area contributed by atoms with E-state index in [0.717, 1.165) is 24.8 Å². The van der Waals surface area contributed by atoms with Crippen molar-refractivity contribution in [2.24, 2.45) is 11.7 Å². The van der Waals surface area contributed by atoms with Gasteiger partial charge in [-0.15, -0.1) is 0 Å². The SMILES string of the molecule is CCCCCC(=O)N(Cc1ccccc1)[C@@H](C(N)=O)C(C)C. The highest BCUT2D eigenvalue weighted by molar-refractivity contribution is 5.86. The number of rotatable bonds is 9. The number of carbonyl (C=O) groups is 2. The van der Waals surface area contributed by atoms with E-state index in [1.165, 1.54) is 0 Å². The summed E-state index contributed by atoms with van der Waals surface area (Å²) in [6, 6.07) is 9.17. The van der Waals surface area contributed by atoms with Crippen LogP contribution in [0.15, 0.2) is 30.3 Å². The van der Waals surface area contributed by atoms with Crippen LogP contribution in [0.4, 0.5) is 0 Å². The number of hydrogen-bond donors (Lipinski definition) is 1. The first kappa shape index (κ1) is 18.2. The molecule has 0 saturated heterocycles. The summed E-state index contributed by atoms with van der Waals surface area (Å²) in [4.78, 5) is 26.1. The van der Waals surface area contributed by atoms with Gasteiger partial charge in [0.15, 0.2) is 0 Å². The van der Waals surface area contributed by atoms with Gasteiger partial charge in [0, 0.05) is 13.0 Å². The van der Waals surface area contributed by atoms with Crippen molar-refractivity contribution >= 4 is 11.8 Å². The van der Waals surface area contributed by atoms with E-state index in [9.17, 15) is 9.59 Å². The summed E-state index contributed by atoms with van der Waals surface area (Å²) < 4.78 is 0. The van der Waals surface area contributed by atoms with Gasteiger partial charge in [-0.25, -0.2) is 0 Å². The zero-order valence-electron chi connectivity index (χ0n) is 13.9. The maximum atomic E-state index is 12.6. The van der Waals surface area contributed by atoms with Crippen molar-refractivity contribution in [1.82, 2.24) is 4.90 Å². The van der Waals surface area contributed by atoms with Crippen LogP contribution in [0.2, 0.25) is 0 Å².